The third kappa shape index (κ3) is 3.79. The van der Waals surface area contributed by atoms with Crippen LogP contribution >= 0.6 is 11.8 Å². The number of ether oxygens (including phenoxy) is 1. The summed E-state index contributed by atoms with van der Waals surface area (Å²) in [6, 6.07) is 6.83. The molecular weight excluding hydrogens is 326 g/mol. The molecule has 2 heterocycles. The van der Waals surface area contributed by atoms with Gasteiger partial charge in [-0.1, -0.05) is 23.9 Å². The van der Waals surface area contributed by atoms with Crippen LogP contribution < -0.4 is 10.1 Å². The highest BCUT2D eigenvalue weighted by atomic mass is 32.2. The topological polar surface area (TPSA) is 73.2 Å². The van der Waals surface area contributed by atoms with Crippen LogP contribution in [0.3, 0.4) is 0 Å². The number of aromatic nitrogens is 2. The van der Waals surface area contributed by atoms with E-state index in [1.54, 1.807) is 43.0 Å². The average molecular weight is 345 g/mol. The molecule has 3 rings (SSSR count). The zero-order chi connectivity index (χ0) is 17.1. The molecule has 0 fully saturated rings. The zero-order valence-electron chi connectivity index (χ0n) is 13.6. The molecule has 0 saturated carbocycles. The minimum atomic E-state index is -0.656. The Morgan fingerprint density at radius 2 is 2.29 bits per heavy atom. The van der Waals surface area contributed by atoms with Crippen molar-refractivity contribution >= 4 is 23.5 Å². The normalized spacial score (nSPS) is 14.1. The van der Waals surface area contributed by atoms with Crippen molar-refractivity contribution in [3.05, 3.63) is 41.7 Å². The molecule has 126 valence electrons. The van der Waals surface area contributed by atoms with Crippen LogP contribution in [0.25, 0.3) is 0 Å². The van der Waals surface area contributed by atoms with Crippen LogP contribution in [0.5, 0.6) is 5.75 Å². The van der Waals surface area contributed by atoms with Gasteiger partial charge in [0, 0.05) is 24.1 Å². The van der Waals surface area contributed by atoms with Gasteiger partial charge in [0.1, 0.15) is 5.75 Å². The standard InChI is InChI=1S/C17H19N3O3S/c1-11(21)13-4-3-5-15(8-13)23-12(2)16(22)18-9-14-10-20-6-7-24-17(20)19-14/h3-5,8,10,12H,6-7,9H2,1-2H3,(H,18,22). The van der Waals surface area contributed by atoms with Crippen LogP contribution in [-0.2, 0) is 17.9 Å². The number of hydrogen-bond acceptors (Lipinski definition) is 5. The fourth-order valence-corrected chi connectivity index (χ4v) is 3.38. The molecule has 1 aliphatic heterocycles. The number of nitrogens with one attached hydrogen (secondary N) is 1. The summed E-state index contributed by atoms with van der Waals surface area (Å²) in [5.41, 5.74) is 1.40. The second-order valence-electron chi connectivity index (χ2n) is 5.62. The lowest BCUT2D eigenvalue weighted by Gasteiger charge is -2.14. The molecule has 7 heteroatoms. The molecule has 0 aliphatic carbocycles. The summed E-state index contributed by atoms with van der Waals surface area (Å²) in [6.45, 7) is 4.52. The maximum Gasteiger partial charge on any atom is 0.261 e. The summed E-state index contributed by atoms with van der Waals surface area (Å²) in [6.07, 6.45) is 1.31. The Kier molecular flexibility index (Phi) is 4.89. The van der Waals surface area contributed by atoms with Crippen LogP contribution in [-0.4, -0.2) is 33.1 Å². The van der Waals surface area contributed by atoms with Crippen molar-refractivity contribution in [1.82, 2.24) is 14.9 Å². The number of carbonyl (C=O) groups is 2. The molecule has 0 bridgehead atoms. The highest BCUT2D eigenvalue weighted by Crippen LogP contribution is 2.24. The number of ketones is 1. The van der Waals surface area contributed by atoms with E-state index >= 15 is 0 Å². The van der Waals surface area contributed by atoms with Crippen molar-refractivity contribution in [2.24, 2.45) is 0 Å². The van der Waals surface area contributed by atoms with Crippen molar-refractivity contribution < 1.29 is 14.3 Å². The monoisotopic (exact) mass is 345 g/mol. The fraction of sp³-hybridized carbons (Fsp3) is 0.353. The Bertz CT molecular complexity index is 751. The van der Waals surface area contributed by atoms with E-state index in [0.717, 1.165) is 23.1 Å². The van der Waals surface area contributed by atoms with Crippen LogP contribution in [0.15, 0.2) is 35.6 Å². The van der Waals surface area contributed by atoms with Crippen LogP contribution in [0.1, 0.15) is 29.9 Å². The molecule has 0 spiro atoms. The van der Waals surface area contributed by atoms with Gasteiger partial charge in [0.15, 0.2) is 17.0 Å². The number of thioether (sulfide) groups is 1. The lowest BCUT2D eigenvalue weighted by atomic mass is 10.1. The maximum atomic E-state index is 12.2. The number of fused-ring (bicyclic) bond motifs is 1. The summed E-state index contributed by atoms with van der Waals surface area (Å²) in [4.78, 5) is 28.0. The van der Waals surface area contributed by atoms with E-state index in [1.807, 2.05) is 6.20 Å². The Morgan fingerprint density at radius 1 is 1.46 bits per heavy atom. The molecule has 1 atom stereocenters. The first-order valence-corrected chi connectivity index (χ1v) is 8.75. The van der Waals surface area contributed by atoms with Crippen molar-refractivity contribution in [2.45, 2.75) is 38.2 Å². The first-order valence-electron chi connectivity index (χ1n) is 7.77. The average Bonchev–Trinajstić information content (AvgIpc) is 3.14. The molecule has 0 saturated heterocycles. The highest BCUT2D eigenvalue weighted by Gasteiger charge is 2.17. The zero-order valence-corrected chi connectivity index (χ0v) is 14.4. The van der Waals surface area contributed by atoms with E-state index < -0.39 is 6.10 Å². The molecule has 1 unspecified atom stereocenters. The van der Waals surface area contributed by atoms with Gasteiger partial charge in [-0.25, -0.2) is 4.98 Å². The summed E-state index contributed by atoms with van der Waals surface area (Å²) in [5.74, 6) is 1.30. The predicted octanol–water partition coefficient (Wildman–Crippen LogP) is 2.28. The van der Waals surface area contributed by atoms with Crippen LogP contribution in [0.4, 0.5) is 0 Å². The van der Waals surface area contributed by atoms with Crippen LogP contribution in [0, 0.1) is 0 Å². The number of hydrogen-bond donors (Lipinski definition) is 1. The number of aryl methyl sites for hydroxylation is 1. The van der Waals surface area contributed by atoms with E-state index in [9.17, 15) is 9.59 Å². The Hall–Kier alpha value is -2.28. The third-order valence-corrected chi connectivity index (χ3v) is 4.69. The Morgan fingerprint density at radius 3 is 3.04 bits per heavy atom. The first-order chi connectivity index (χ1) is 11.5. The largest absolute Gasteiger partial charge is 0.481 e. The van der Waals surface area contributed by atoms with Crippen molar-refractivity contribution in [3.63, 3.8) is 0 Å². The van der Waals surface area contributed by atoms with Gasteiger partial charge in [-0.15, -0.1) is 0 Å². The van der Waals surface area contributed by atoms with Crippen molar-refractivity contribution in [3.8, 4) is 5.75 Å². The number of benzene rings is 1. The van der Waals surface area contributed by atoms with Gasteiger partial charge in [0.05, 0.1) is 12.2 Å². The number of carbonyl (C=O) groups excluding carboxylic acids is 2. The molecule has 1 aliphatic rings. The molecule has 1 aromatic heterocycles. The second-order valence-corrected chi connectivity index (χ2v) is 6.68. The molecule has 1 aromatic carbocycles. The third-order valence-electron chi connectivity index (χ3n) is 3.72. The van der Waals surface area contributed by atoms with Crippen molar-refractivity contribution in [2.75, 3.05) is 5.75 Å². The minimum absolute atomic E-state index is 0.0387. The van der Waals surface area contributed by atoms with E-state index in [2.05, 4.69) is 14.9 Å². The fourth-order valence-electron chi connectivity index (χ4n) is 2.41. The number of nitrogens with zero attached hydrogens (tertiary/aromatic N) is 2. The van der Waals surface area contributed by atoms with E-state index in [-0.39, 0.29) is 11.7 Å². The smallest absolute Gasteiger partial charge is 0.261 e. The molecule has 24 heavy (non-hydrogen) atoms. The van der Waals surface area contributed by atoms with Crippen molar-refractivity contribution in [1.29, 1.82) is 0 Å². The quantitative estimate of drug-likeness (QED) is 0.813. The number of Topliss-reactive ketones (excluding diaryl/α,β-unsaturated/α-hetero) is 1. The summed E-state index contributed by atoms with van der Waals surface area (Å²) >= 11 is 1.72. The predicted molar refractivity (Wildman–Crippen MR) is 91.3 cm³/mol. The minimum Gasteiger partial charge on any atom is -0.481 e. The lowest BCUT2D eigenvalue weighted by molar-refractivity contribution is -0.127. The highest BCUT2D eigenvalue weighted by molar-refractivity contribution is 7.99. The number of imidazole rings is 1. The van der Waals surface area contributed by atoms with Gasteiger partial charge in [-0.2, -0.15) is 0 Å². The Labute approximate surface area is 144 Å². The molecular formula is C17H19N3O3S. The van der Waals surface area contributed by atoms with Gasteiger partial charge >= 0.3 is 0 Å². The van der Waals surface area contributed by atoms with E-state index in [1.165, 1.54) is 6.92 Å². The lowest BCUT2D eigenvalue weighted by Crippen LogP contribution is -2.36. The summed E-state index contributed by atoms with van der Waals surface area (Å²) in [7, 11) is 0. The number of rotatable bonds is 6. The Balaban J connectivity index is 1.54. The molecule has 2 aromatic rings. The number of amides is 1. The summed E-state index contributed by atoms with van der Waals surface area (Å²) in [5, 5.41) is 3.83. The van der Waals surface area contributed by atoms with Gasteiger partial charge in [0.25, 0.3) is 5.91 Å². The first kappa shape index (κ1) is 16.6. The van der Waals surface area contributed by atoms with Gasteiger partial charge in [-0.3, -0.25) is 9.59 Å². The second kappa shape index (κ2) is 7.09. The molecule has 6 nitrogen and oxygen atoms in total. The molecule has 1 N–H and O–H groups in total. The molecule has 1 amide bonds. The van der Waals surface area contributed by atoms with Gasteiger partial charge in [-0.05, 0) is 26.0 Å². The van der Waals surface area contributed by atoms with Gasteiger partial charge < -0.3 is 14.6 Å². The SMILES string of the molecule is CC(=O)c1cccc(OC(C)C(=O)NCc2cn3c(n2)SCC3)c1. The molecule has 0 radical (unpaired) electrons. The van der Waals surface area contributed by atoms with Gasteiger partial charge in [0.2, 0.25) is 0 Å². The van der Waals surface area contributed by atoms with Crippen LogP contribution in [0.2, 0.25) is 0 Å². The maximum absolute atomic E-state index is 12.2. The van der Waals surface area contributed by atoms with E-state index in [0.29, 0.717) is 17.9 Å². The van der Waals surface area contributed by atoms with E-state index in [4.69, 9.17) is 4.74 Å². The summed E-state index contributed by atoms with van der Waals surface area (Å²) < 4.78 is 7.72.